The van der Waals surface area contributed by atoms with Gasteiger partial charge in [-0.3, -0.25) is 0 Å². The Labute approximate surface area is 82.2 Å². The summed E-state index contributed by atoms with van der Waals surface area (Å²) in [6, 6.07) is 9.17. The van der Waals surface area contributed by atoms with Crippen LogP contribution in [0.2, 0.25) is 5.02 Å². The third-order valence-corrected chi connectivity index (χ3v) is 2.07. The Morgan fingerprint density at radius 1 is 1.46 bits per heavy atom. The summed E-state index contributed by atoms with van der Waals surface area (Å²) in [5.41, 5.74) is 7.35. The van der Waals surface area contributed by atoms with Gasteiger partial charge in [-0.05, 0) is 13.0 Å². The smallest absolute Gasteiger partial charge is 0.0965 e. The molecule has 1 aromatic carbocycles. The third-order valence-electron chi connectivity index (χ3n) is 1.74. The van der Waals surface area contributed by atoms with Crippen LogP contribution in [0.4, 0.5) is 0 Å². The van der Waals surface area contributed by atoms with E-state index in [2.05, 4.69) is 0 Å². The predicted octanol–water partition coefficient (Wildman–Crippen LogP) is 2.55. The van der Waals surface area contributed by atoms with Gasteiger partial charge in [0.15, 0.2) is 0 Å². The van der Waals surface area contributed by atoms with Crippen molar-refractivity contribution in [3.05, 3.63) is 40.4 Å². The van der Waals surface area contributed by atoms with Crippen LogP contribution in [0.25, 0.3) is 5.70 Å². The van der Waals surface area contributed by atoms with Crippen molar-refractivity contribution in [2.75, 3.05) is 0 Å². The molecule has 0 fully saturated rings. The van der Waals surface area contributed by atoms with E-state index in [9.17, 15) is 0 Å². The zero-order valence-corrected chi connectivity index (χ0v) is 7.97. The standard InChI is InChI=1S/C10H9ClN2/c1-7(6-12)10(13)8-4-2-3-5-9(8)11/h2-5H,13H2,1H3/b10-7-. The maximum atomic E-state index is 8.63. The highest BCUT2D eigenvalue weighted by atomic mass is 35.5. The lowest BCUT2D eigenvalue weighted by molar-refractivity contribution is 1.39. The Hall–Kier alpha value is -1.46. The summed E-state index contributed by atoms with van der Waals surface area (Å²) in [5, 5.41) is 9.19. The van der Waals surface area contributed by atoms with Gasteiger partial charge in [-0.15, -0.1) is 0 Å². The second kappa shape index (κ2) is 3.97. The molecule has 0 amide bonds. The molecule has 0 aromatic heterocycles. The number of rotatable bonds is 1. The predicted molar refractivity (Wildman–Crippen MR) is 53.8 cm³/mol. The van der Waals surface area contributed by atoms with E-state index in [-0.39, 0.29) is 0 Å². The minimum absolute atomic E-state index is 0.438. The minimum atomic E-state index is 0.438. The summed E-state index contributed by atoms with van der Waals surface area (Å²) in [4.78, 5) is 0. The van der Waals surface area contributed by atoms with Gasteiger partial charge in [-0.2, -0.15) is 5.26 Å². The van der Waals surface area contributed by atoms with Gasteiger partial charge in [0.05, 0.1) is 11.8 Å². The van der Waals surface area contributed by atoms with Crippen molar-refractivity contribution in [1.82, 2.24) is 0 Å². The molecule has 3 heteroatoms. The lowest BCUT2D eigenvalue weighted by Crippen LogP contribution is -1.99. The van der Waals surface area contributed by atoms with E-state index in [4.69, 9.17) is 22.6 Å². The summed E-state index contributed by atoms with van der Waals surface area (Å²) in [6.45, 7) is 1.67. The number of hydrogen-bond acceptors (Lipinski definition) is 2. The van der Waals surface area contributed by atoms with Gasteiger partial charge in [0.2, 0.25) is 0 Å². The quantitative estimate of drug-likeness (QED) is 0.696. The molecule has 2 nitrogen and oxygen atoms in total. The van der Waals surface area contributed by atoms with Crippen LogP contribution in [-0.2, 0) is 0 Å². The summed E-state index contributed by atoms with van der Waals surface area (Å²) in [6.07, 6.45) is 0. The number of hydrogen-bond donors (Lipinski definition) is 1. The van der Waals surface area contributed by atoms with E-state index in [1.54, 1.807) is 19.1 Å². The van der Waals surface area contributed by atoms with Gasteiger partial charge in [0.1, 0.15) is 0 Å². The van der Waals surface area contributed by atoms with Gasteiger partial charge in [-0.25, -0.2) is 0 Å². The third kappa shape index (κ3) is 2.01. The second-order valence-electron chi connectivity index (χ2n) is 2.63. The molecule has 2 N–H and O–H groups in total. The summed E-state index contributed by atoms with van der Waals surface area (Å²) in [7, 11) is 0. The first-order valence-electron chi connectivity index (χ1n) is 3.78. The first-order valence-corrected chi connectivity index (χ1v) is 4.16. The largest absolute Gasteiger partial charge is 0.397 e. The SMILES string of the molecule is C/C(C#N)=C(/N)c1ccccc1Cl. The van der Waals surface area contributed by atoms with Crippen molar-refractivity contribution in [3.63, 3.8) is 0 Å². The molecular weight excluding hydrogens is 184 g/mol. The first-order chi connectivity index (χ1) is 6.16. The highest BCUT2D eigenvalue weighted by molar-refractivity contribution is 6.32. The molecule has 0 aliphatic heterocycles. The van der Waals surface area contributed by atoms with E-state index in [0.29, 0.717) is 21.9 Å². The summed E-state index contributed by atoms with van der Waals surface area (Å²) in [5.74, 6) is 0. The lowest BCUT2D eigenvalue weighted by atomic mass is 10.1. The lowest BCUT2D eigenvalue weighted by Gasteiger charge is -2.04. The molecule has 0 saturated heterocycles. The highest BCUT2D eigenvalue weighted by Crippen LogP contribution is 2.21. The maximum absolute atomic E-state index is 8.63. The Balaban J connectivity index is 3.26. The molecule has 13 heavy (non-hydrogen) atoms. The Bertz CT molecular complexity index is 388. The molecule has 0 aliphatic carbocycles. The molecule has 0 heterocycles. The van der Waals surface area contributed by atoms with Crippen LogP contribution < -0.4 is 5.73 Å². The normalized spacial score (nSPS) is 11.8. The van der Waals surface area contributed by atoms with E-state index in [1.165, 1.54) is 0 Å². The monoisotopic (exact) mass is 192 g/mol. The van der Waals surface area contributed by atoms with Crippen molar-refractivity contribution in [3.8, 4) is 6.07 Å². The molecule has 0 atom stereocenters. The van der Waals surface area contributed by atoms with Gasteiger partial charge in [0, 0.05) is 16.2 Å². The number of allylic oxidation sites excluding steroid dienone is 1. The van der Waals surface area contributed by atoms with Crippen LogP contribution in [0.3, 0.4) is 0 Å². The van der Waals surface area contributed by atoms with Crippen molar-refractivity contribution in [2.45, 2.75) is 6.92 Å². The molecule has 1 rings (SSSR count). The molecule has 0 spiro atoms. The summed E-state index contributed by atoms with van der Waals surface area (Å²) >= 11 is 5.90. The minimum Gasteiger partial charge on any atom is -0.397 e. The number of nitrogens with two attached hydrogens (primary N) is 1. The van der Waals surface area contributed by atoms with E-state index in [1.807, 2.05) is 18.2 Å². The van der Waals surface area contributed by atoms with Gasteiger partial charge in [-0.1, -0.05) is 29.8 Å². The van der Waals surface area contributed by atoms with Crippen molar-refractivity contribution in [1.29, 1.82) is 5.26 Å². The molecule has 66 valence electrons. The van der Waals surface area contributed by atoms with Crippen LogP contribution in [0.5, 0.6) is 0 Å². The van der Waals surface area contributed by atoms with Crippen LogP contribution >= 0.6 is 11.6 Å². The average molecular weight is 193 g/mol. The van der Waals surface area contributed by atoms with E-state index < -0.39 is 0 Å². The number of nitrogens with zero attached hydrogens (tertiary/aromatic N) is 1. The molecule has 0 aliphatic rings. The Kier molecular flexibility index (Phi) is 2.94. The fraction of sp³-hybridized carbons (Fsp3) is 0.100. The maximum Gasteiger partial charge on any atom is 0.0965 e. The van der Waals surface area contributed by atoms with Crippen molar-refractivity contribution in [2.24, 2.45) is 5.73 Å². The van der Waals surface area contributed by atoms with Gasteiger partial charge in [0.25, 0.3) is 0 Å². The average Bonchev–Trinajstić information content (AvgIpc) is 2.16. The molecular formula is C10H9ClN2. The van der Waals surface area contributed by atoms with Crippen LogP contribution in [0, 0.1) is 11.3 Å². The second-order valence-corrected chi connectivity index (χ2v) is 3.04. The van der Waals surface area contributed by atoms with E-state index in [0.717, 1.165) is 0 Å². The zero-order valence-electron chi connectivity index (χ0n) is 7.21. The molecule has 0 saturated carbocycles. The van der Waals surface area contributed by atoms with E-state index >= 15 is 0 Å². The number of nitriles is 1. The fourth-order valence-electron chi connectivity index (χ4n) is 0.942. The Morgan fingerprint density at radius 2 is 2.08 bits per heavy atom. The molecule has 0 radical (unpaired) electrons. The topological polar surface area (TPSA) is 49.8 Å². The zero-order chi connectivity index (χ0) is 9.84. The Morgan fingerprint density at radius 3 is 2.62 bits per heavy atom. The number of halogens is 1. The van der Waals surface area contributed by atoms with Crippen LogP contribution in [0.15, 0.2) is 29.8 Å². The molecule has 0 unspecified atom stereocenters. The van der Waals surface area contributed by atoms with Crippen molar-refractivity contribution >= 4 is 17.3 Å². The summed E-state index contributed by atoms with van der Waals surface area (Å²) < 4.78 is 0. The van der Waals surface area contributed by atoms with Crippen molar-refractivity contribution < 1.29 is 0 Å². The van der Waals surface area contributed by atoms with Crippen LogP contribution in [-0.4, -0.2) is 0 Å². The first kappa shape index (κ1) is 9.63. The molecule has 1 aromatic rings. The van der Waals surface area contributed by atoms with Gasteiger partial charge >= 0.3 is 0 Å². The van der Waals surface area contributed by atoms with Gasteiger partial charge < -0.3 is 5.73 Å². The fourth-order valence-corrected chi connectivity index (χ4v) is 1.18. The molecule has 0 bridgehead atoms. The van der Waals surface area contributed by atoms with Crippen LogP contribution in [0.1, 0.15) is 12.5 Å². The number of benzene rings is 1. The highest BCUT2D eigenvalue weighted by Gasteiger charge is 2.04.